The fraction of sp³-hybridized carbons (Fsp3) is 0.560. The van der Waals surface area contributed by atoms with E-state index < -0.39 is 40.4 Å². The summed E-state index contributed by atoms with van der Waals surface area (Å²) in [4.78, 5) is 40.8. The van der Waals surface area contributed by atoms with Crippen molar-refractivity contribution < 1.29 is 23.5 Å². The van der Waals surface area contributed by atoms with Crippen LogP contribution in [0.2, 0.25) is 0 Å². The second-order valence-corrected chi connectivity index (χ2v) is 11.0. The first-order chi connectivity index (χ1) is 15.7. The van der Waals surface area contributed by atoms with Gasteiger partial charge in [0.2, 0.25) is 18.1 Å². The molecule has 184 valence electrons. The number of hydrogen-bond acceptors (Lipinski definition) is 7. The Hall–Kier alpha value is -3.23. The normalized spacial score (nSPS) is 17.8. The Morgan fingerprint density at radius 1 is 1.15 bits per heavy atom. The van der Waals surface area contributed by atoms with E-state index in [9.17, 15) is 14.4 Å². The molecule has 9 nitrogen and oxygen atoms in total. The van der Waals surface area contributed by atoms with Gasteiger partial charge in [-0.1, -0.05) is 52.8 Å². The maximum atomic E-state index is 14.0. The highest BCUT2D eigenvalue weighted by molar-refractivity contribution is 6.04. The molecule has 9 heteroatoms. The van der Waals surface area contributed by atoms with Crippen LogP contribution in [0.3, 0.4) is 0 Å². The van der Waals surface area contributed by atoms with E-state index in [-0.39, 0.29) is 5.89 Å². The highest BCUT2D eigenvalue weighted by Crippen LogP contribution is 2.41. The molecule has 2 amide bonds. The zero-order valence-corrected chi connectivity index (χ0v) is 21.1. The van der Waals surface area contributed by atoms with E-state index in [1.165, 1.54) is 4.90 Å². The molecule has 1 aliphatic rings. The van der Waals surface area contributed by atoms with Gasteiger partial charge in [0, 0.05) is 5.41 Å². The minimum absolute atomic E-state index is 0.215. The number of amides is 2. The maximum Gasteiger partial charge on any atom is 0.415 e. The molecule has 0 saturated carbocycles. The SMILES string of the molecule is CC(C)[C@@](NC=O)(C(=O)c1nnc(C(C)(C)C)o1)[C@@H]1Cc2ccccc2N1C(=O)OC(C)(C)C. The quantitative estimate of drug-likeness (QED) is 0.500. The van der Waals surface area contributed by atoms with Crippen LogP contribution in [0.5, 0.6) is 0 Å². The molecular weight excluding hydrogens is 436 g/mol. The third kappa shape index (κ3) is 4.56. The Morgan fingerprint density at radius 3 is 2.32 bits per heavy atom. The second kappa shape index (κ2) is 8.85. The summed E-state index contributed by atoms with van der Waals surface area (Å²) in [5.41, 5.74) is -1.26. The largest absolute Gasteiger partial charge is 0.443 e. The van der Waals surface area contributed by atoms with E-state index in [0.29, 0.717) is 24.4 Å². The maximum absolute atomic E-state index is 14.0. The van der Waals surface area contributed by atoms with Crippen LogP contribution in [-0.4, -0.2) is 45.7 Å². The van der Waals surface area contributed by atoms with Crippen molar-refractivity contribution in [3.05, 3.63) is 41.6 Å². The first-order valence-corrected chi connectivity index (χ1v) is 11.4. The number of carbonyl (C=O) groups excluding carboxylic acids is 3. The summed E-state index contributed by atoms with van der Waals surface area (Å²) < 4.78 is 11.5. The molecule has 2 atom stereocenters. The van der Waals surface area contributed by atoms with Gasteiger partial charge in [0.05, 0.1) is 11.7 Å². The Labute approximate surface area is 200 Å². The van der Waals surface area contributed by atoms with Crippen molar-refractivity contribution in [3.8, 4) is 0 Å². The lowest BCUT2D eigenvalue weighted by molar-refractivity contribution is -0.111. The van der Waals surface area contributed by atoms with E-state index >= 15 is 0 Å². The minimum Gasteiger partial charge on any atom is -0.443 e. The predicted octanol–water partition coefficient (Wildman–Crippen LogP) is 4.06. The summed E-state index contributed by atoms with van der Waals surface area (Å²) >= 11 is 0. The molecule has 0 fully saturated rings. The molecule has 0 radical (unpaired) electrons. The van der Waals surface area contributed by atoms with Crippen molar-refractivity contribution in [3.63, 3.8) is 0 Å². The molecule has 1 aromatic carbocycles. The van der Waals surface area contributed by atoms with E-state index in [1.54, 1.807) is 26.8 Å². The smallest absolute Gasteiger partial charge is 0.415 e. The molecule has 34 heavy (non-hydrogen) atoms. The number of rotatable bonds is 6. The van der Waals surface area contributed by atoms with Crippen molar-refractivity contribution >= 4 is 24.0 Å². The first kappa shape index (κ1) is 25.4. The average Bonchev–Trinajstić information content (AvgIpc) is 3.35. The molecule has 1 N–H and O–H groups in total. The molecule has 0 saturated heterocycles. The summed E-state index contributed by atoms with van der Waals surface area (Å²) in [5, 5.41) is 10.8. The zero-order valence-electron chi connectivity index (χ0n) is 21.1. The molecule has 1 aromatic heterocycles. The monoisotopic (exact) mass is 470 g/mol. The number of benzene rings is 1. The lowest BCUT2D eigenvalue weighted by atomic mass is 9.74. The number of nitrogens with zero attached hydrogens (tertiary/aromatic N) is 3. The second-order valence-electron chi connectivity index (χ2n) is 11.0. The van der Waals surface area contributed by atoms with Gasteiger partial charge in [0.15, 0.2) is 0 Å². The molecule has 1 aliphatic heterocycles. The van der Waals surface area contributed by atoms with Crippen LogP contribution < -0.4 is 10.2 Å². The molecule has 0 spiro atoms. The van der Waals surface area contributed by atoms with Gasteiger partial charge in [-0.2, -0.15) is 0 Å². The summed E-state index contributed by atoms with van der Waals surface area (Å²) in [6.07, 6.45) is 0.212. The van der Waals surface area contributed by atoms with Gasteiger partial charge in [-0.05, 0) is 44.7 Å². The number of nitrogens with one attached hydrogen (secondary N) is 1. The molecule has 2 aromatic rings. The van der Waals surface area contributed by atoms with Gasteiger partial charge in [0.1, 0.15) is 11.1 Å². The van der Waals surface area contributed by atoms with Gasteiger partial charge < -0.3 is 14.5 Å². The summed E-state index contributed by atoms with van der Waals surface area (Å²) in [5.74, 6) is -0.894. The Balaban J connectivity index is 2.17. The third-order valence-electron chi connectivity index (χ3n) is 5.94. The highest BCUT2D eigenvalue weighted by atomic mass is 16.6. The van der Waals surface area contributed by atoms with E-state index in [1.807, 2.05) is 52.8 Å². The van der Waals surface area contributed by atoms with Crippen LogP contribution in [0.1, 0.15) is 77.5 Å². The predicted molar refractivity (Wildman–Crippen MR) is 127 cm³/mol. The summed E-state index contributed by atoms with van der Waals surface area (Å²) in [6, 6.07) is 6.61. The number of fused-ring (bicyclic) bond motifs is 1. The number of ketones is 1. The summed E-state index contributed by atoms with van der Waals surface area (Å²) in [6.45, 7) is 14.6. The Morgan fingerprint density at radius 2 is 1.79 bits per heavy atom. The first-order valence-electron chi connectivity index (χ1n) is 11.4. The number of ether oxygens (including phenoxy) is 1. The van der Waals surface area contributed by atoms with E-state index in [2.05, 4.69) is 15.5 Å². The Bertz CT molecular complexity index is 1080. The van der Waals surface area contributed by atoms with Crippen LogP contribution in [0, 0.1) is 5.92 Å². The number of carbonyl (C=O) groups is 3. The Kier molecular flexibility index (Phi) is 6.61. The molecule has 3 rings (SSSR count). The molecule has 2 heterocycles. The number of para-hydroxylation sites is 1. The molecule has 0 unspecified atom stereocenters. The van der Waals surface area contributed by atoms with Crippen LogP contribution >= 0.6 is 0 Å². The number of hydrogen-bond donors (Lipinski definition) is 1. The van der Waals surface area contributed by atoms with Crippen LogP contribution in [0.25, 0.3) is 0 Å². The third-order valence-corrected chi connectivity index (χ3v) is 5.94. The minimum atomic E-state index is -1.54. The van der Waals surface area contributed by atoms with Gasteiger partial charge >= 0.3 is 6.09 Å². The average molecular weight is 471 g/mol. The van der Waals surface area contributed by atoms with Gasteiger partial charge in [-0.15, -0.1) is 10.2 Å². The number of Topliss-reactive ketones (excluding diaryl/α,β-unsaturated/α-hetero) is 1. The van der Waals surface area contributed by atoms with Gasteiger partial charge in [0.25, 0.3) is 5.89 Å². The van der Waals surface area contributed by atoms with E-state index in [4.69, 9.17) is 9.15 Å². The summed E-state index contributed by atoms with van der Waals surface area (Å²) in [7, 11) is 0. The standard InChI is InChI=1S/C25H34N4O5/c1-15(2)25(26-14-30,19(31)20-27-28-21(33-20)23(3,4)5)18-13-16-11-9-10-12-17(16)29(18)22(32)34-24(6,7)8/h9-12,14-15,18H,13H2,1-8H3,(H,26,30)/t18-,25-/m0/s1. The lowest BCUT2D eigenvalue weighted by Gasteiger charge is -2.43. The zero-order chi connectivity index (χ0) is 25.5. The lowest BCUT2D eigenvalue weighted by Crippen LogP contribution is -2.68. The fourth-order valence-corrected chi connectivity index (χ4v) is 4.31. The van der Waals surface area contributed by atoms with Crippen molar-refractivity contribution in [1.82, 2.24) is 15.5 Å². The number of anilines is 1. The molecule has 0 aliphatic carbocycles. The van der Waals surface area contributed by atoms with Crippen molar-refractivity contribution in [2.75, 3.05) is 4.90 Å². The highest BCUT2D eigenvalue weighted by Gasteiger charge is 2.57. The van der Waals surface area contributed by atoms with Crippen LogP contribution in [-0.2, 0) is 21.4 Å². The van der Waals surface area contributed by atoms with Crippen molar-refractivity contribution in [1.29, 1.82) is 0 Å². The fourth-order valence-electron chi connectivity index (χ4n) is 4.31. The van der Waals surface area contributed by atoms with Crippen molar-refractivity contribution in [2.45, 2.75) is 84.4 Å². The molecular formula is C25H34N4O5. The topological polar surface area (TPSA) is 115 Å². The van der Waals surface area contributed by atoms with Crippen molar-refractivity contribution in [2.24, 2.45) is 5.92 Å². The van der Waals surface area contributed by atoms with Gasteiger partial charge in [-0.3, -0.25) is 14.5 Å². The van der Waals surface area contributed by atoms with Crippen LogP contribution in [0.4, 0.5) is 10.5 Å². The van der Waals surface area contributed by atoms with E-state index in [0.717, 1.165) is 5.56 Å². The van der Waals surface area contributed by atoms with Gasteiger partial charge in [-0.25, -0.2) is 4.79 Å². The van der Waals surface area contributed by atoms with Crippen LogP contribution in [0.15, 0.2) is 28.7 Å². The number of aromatic nitrogens is 2. The molecule has 0 bridgehead atoms.